The van der Waals surface area contributed by atoms with E-state index in [2.05, 4.69) is 66.5 Å². The highest BCUT2D eigenvalue weighted by atomic mass is 15.3. The van der Waals surface area contributed by atoms with E-state index in [1.54, 1.807) is 0 Å². The molecular weight excluding hydrogens is 282 g/mol. The third kappa shape index (κ3) is 2.40. The van der Waals surface area contributed by atoms with Gasteiger partial charge in [0.2, 0.25) is 0 Å². The summed E-state index contributed by atoms with van der Waals surface area (Å²) in [6.07, 6.45) is 0. The lowest BCUT2D eigenvalue weighted by Gasteiger charge is -2.05. The van der Waals surface area contributed by atoms with Gasteiger partial charge in [0.25, 0.3) is 0 Å². The van der Waals surface area contributed by atoms with E-state index in [0.717, 1.165) is 22.9 Å². The smallest absolute Gasteiger partial charge is 0.181 e. The predicted molar refractivity (Wildman–Crippen MR) is 93.8 cm³/mol. The average molecular weight is 299 g/mol. The molecule has 4 rings (SSSR count). The van der Waals surface area contributed by atoms with Crippen molar-refractivity contribution >= 4 is 10.8 Å². The van der Waals surface area contributed by atoms with E-state index in [0.29, 0.717) is 0 Å². The molecule has 0 spiro atoms. The number of fused-ring (bicyclic) bond motifs is 1. The van der Waals surface area contributed by atoms with Crippen LogP contribution < -0.4 is 0 Å². The number of nitrogens with zero attached hydrogens (tertiary/aromatic N) is 3. The zero-order valence-corrected chi connectivity index (χ0v) is 13.2. The number of hydrogen-bond acceptors (Lipinski definition) is 2. The first-order chi connectivity index (χ1) is 11.2. The Kier molecular flexibility index (Phi) is 3.19. The third-order valence-corrected chi connectivity index (χ3v) is 4.12. The number of para-hydroxylation sites is 1. The molecular formula is C20H17N3. The molecule has 112 valence electrons. The molecule has 0 radical (unpaired) electrons. The van der Waals surface area contributed by atoms with Gasteiger partial charge in [-0.05, 0) is 42.3 Å². The lowest BCUT2D eigenvalue weighted by Crippen LogP contribution is -2.01. The summed E-state index contributed by atoms with van der Waals surface area (Å²) in [4.78, 5) is 4.66. The minimum Gasteiger partial charge on any atom is -0.217 e. The minimum atomic E-state index is 0.761. The molecule has 3 heteroatoms. The summed E-state index contributed by atoms with van der Waals surface area (Å²) in [5, 5.41) is 7.16. The first-order valence-corrected chi connectivity index (χ1v) is 7.71. The fourth-order valence-electron chi connectivity index (χ4n) is 2.87. The first kappa shape index (κ1) is 13.7. The van der Waals surface area contributed by atoms with Crippen LogP contribution in [0.25, 0.3) is 27.8 Å². The van der Waals surface area contributed by atoms with Crippen LogP contribution in [0.3, 0.4) is 0 Å². The van der Waals surface area contributed by atoms with Crippen LogP contribution >= 0.6 is 0 Å². The molecule has 3 nitrogen and oxygen atoms in total. The Bertz CT molecular complexity index is 999. The van der Waals surface area contributed by atoms with Gasteiger partial charge in [0.1, 0.15) is 5.82 Å². The summed E-state index contributed by atoms with van der Waals surface area (Å²) in [6, 6.07) is 22.9. The normalized spacial score (nSPS) is 11.0. The molecule has 1 aromatic heterocycles. The highest BCUT2D eigenvalue weighted by molar-refractivity contribution is 5.86. The summed E-state index contributed by atoms with van der Waals surface area (Å²) in [7, 11) is 0. The summed E-state index contributed by atoms with van der Waals surface area (Å²) in [5.41, 5.74) is 3.30. The van der Waals surface area contributed by atoms with Crippen molar-refractivity contribution in [3.8, 4) is 17.1 Å². The summed E-state index contributed by atoms with van der Waals surface area (Å²) < 4.78 is 1.92. The highest BCUT2D eigenvalue weighted by Gasteiger charge is 2.11. The highest BCUT2D eigenvalue weighted by Crippen LogP contribution is 2.23. The van der Waals surface area contributed by atoms with Crippen LogP contribution in [0.1, 0.15) is 11.4 Å². The zero-order chi connectivity index (χ0) is 15.8. The molecule has 0 saturated carbocycles. The van der Waals surface area contributed by atoms with E-state index in [4.69, 9.17) is 5.10 Å². The molecule has 1 heterocycles. The molecule has 0 fully saturated rings. The van der Waals surface area contributed by atoms with Crippen LogP contribution in [0, 0.1) is 13.8 Å². The van der Waals surface area contributed by atoms with Crippen molar-refractivity contribution in [3.05, 3.63) is 78.1 Å². The van der Waals surface area contributed by atoms with Gasteiger partial charge in [-0.1, -0.05) is 54.6 Å². The molecule has 0 aliphatic rings. The maximum atomic E-state index is 4.72. The summed E-state index contributed by atoms with van der Waals surface area (Å²) in [6.45, 7) is 4.08. The van der Waals surface area contributed by atoms with Crippen LogP contribution in [0.15, 0.2) is 66.7 Å². The van der Waals surface area contributed by atoms with Crippen molar-refractivity contribution in [1.29, 1.82) is 0 Å². The summed E-state index contributed by atoms with van der Waals surface area (Å²) in [5.74, 6) is 1.65. The van der Waals surface area contributed by atoms with E-state index in [9.17, 15) is 0 Å². The number of hydrogen-bond donors (Lipinski definition) is 0. The molecule has 0 amide bonds. The van der Waals surface area contributed by atoms with Crippen LogP contribution in [0.4, 0.5) is 0 Å². The quantitative estimate of drug-likeness (QED) is 0.537. The van der Waals surface area contributed by atoms with E-state index in [1.807, 2.05) is 23.7 Å². The maximum Gasteiger partial charge on any atom is 0.181 e. The Labute approximate surface area is 135 Å². The van der Waals surface area contributed by atoms with Crippen LogP contribution in [0.2, 0.25) is 0 Å². The van der Waals surface area contributed by atoms with Crippen molar-refractivity contribution < 1.29 is 0 Å². The Morgan fingerprint density at radius 1 is 0.783 bits per heavy atom. The third-order valence-electron chi connectivity index (χ3n) is 4.12. The standard InChI is InChI=1S/C20H17N3/c1-14-7-3-6-10-19(14)23-15(2)21-20(22-23)18-12-11-16-8-4-5-9-17(16)13-18/h3-13H,1-2H3. The fourth-order valence-corrected chi connectivity index (χ4v) is 2.87. The topological polar surface area (TPSA) is 30.7 Å². The number of aromatic nitrogens is 3. The Morgan fingerprint density at radius 3 is 2.35 bits per heavy atom. The SMILES string of the molecule is Cc1ccccc1-n1nc(-c2ccc3ccccc3c2)nc1C. The van der Waals surface area contributed by atoms with E-state index in [-0.39, 0.29) is 0 Å². The van der Waals surface area contributed by atoms with Gasteiger partial charge in [-0.15, -0.1) is 5.10 Å². The predicted octanol–water partition coefficient (Wildman–Crippen LogP) is 4.70. The molecule has 4 aromatic rings. The van der Waals surface area contributed by atoms with Crippen LogP contribution in [-0.2, 0) is 0 Å². The van der Waals surface area contributed by atoms with E-state index in [1.165, 1.54) is 16.3 Å². The largest absolute Gasteiger partial charge is 0.217 e. The van der Waals surface area contributed by atoms with Crippen LogP contribution in [0.5, 0.6) is 0 Å². The van der Waals surface area contributed by atoms with Gasteiger partial charge in [-0.25, -0.2) is 9.67 Å². The molecule has 0 N–H and O–H groups in total. The molecule has 3 aromatic carbocycles. The van der Waals surface area contributed by atoms with Crippen LogP contribution in [-0.4, -0.2) is 14.8 Å². The maximum absolute atomic E-state index is 4.72. The monoisotopic (exact) mass is 299 g/mol. The minimum absolute atomic E-state index is 0.761. The van der Waals surface area contributed by atoms with Gasteiger partial charge in [-0.3, -0.25) is 0 Å². The van der Waals surface area contributed by atoms with Gasteiger partial charge in [-0.2, -0.15) is 0 Å². The molecule has 0 bridgehead atoms. The van der Waals surface area contributed by atoms with Crippen molar-refractivity contribution in [2.45, 2.75) is 13.8 Å². The second-order valence-electron chi connectivity index (χ2n) is 5.74. The van der Waals surface area contributed by atoms with Gasteiger partial charge in [0, 0.05) is 5.56 Å². The summed E-state index contributed by atoms with van der Waals surface area (Å²) >= 11 is 0. The second kappa shape index (κ2) is 5.36. The van der Waals surface area contributed by atoms with Gasteiger partial charge < -0.3 is 0 Å². The van der Waals surface area contributed by atoms with Gasteiger partial charge >= 0.3 is 0 Å². The fraction of sp³-hybridized carbons (Fsp3) is 0.100. The average Bonchev–Trinajstić information content (AvgIpc) is 2.96. The van der Waals surface area contributed by atoms with Crippen molar-refractivity contribution in [2.24, 2.45) is 0 Å². The van der Waals surface area contributed by atoms with Gasteiger partial charge in [0.15, 0.2) is 5.82 Å². The Balaban J connectivity index is 1.83. The van der Waals surface area contributed by atoms with E-state index < -0.39 is 0 Å². The molecule has 0 unspecified atom stereocenters. The molecule has 0 aliphatic heterocycles. The molecule has 0 atom stereocenters. The number of rotatable bonds is 2. The van der Waals surface area contributed by atoms with Crippen molar-refractivity contribution in [1.82, 2.24) is 14.8 Å². The molecule has 0 saturated heterocycles. The lowest BCUT2D eigenvalue weighted by atomic mass is 10.1. The first-order valence-electron chi connectivity index (χ1n) is 7.71. The number of aryl methyl sites for hydroxylation is 2. The van der Waals surface area contributed by atoms with Crippen molar-refractivity contribution in [2.75, 3.05) is 0 Å². The lowest BCUT2D eigenvalue weighted by molar-refractivity contribution is 0.835. The van der Waals surface area contributed by atoms with Gasteiger partial charge in [0.05, 0.1) is 5.69 Å². The van der Waals surface area contributed by atoms with Crippen molar-refractivity contribution in [3.63, 3.8) is 0 Å². The van der Waals surface area contributed by atoms with E-state index >= 15 is 0 Å². The Hall–Kier alpha value is -2.94. The molecule has 0 aliphatic carbocycles. The number of benzene rings is 3. The molecule has 23 heavy (non-hydrogen) atoms. The Morgan fingerprint density at radius 2 is 1.52 bits per heavy atom. The zero-order valence-electron chi connectivity index (χ0n) is 13.2. The second-order valence-corrected chi connectivity index (χ2v) is 5.74.